The maximum absolute atomic E-state index is 11.3. The first-order valence-electron chi connectivity index (χ1n) is 4.18. The third-order valence-corrected chi connectivity index (χ3v) is 2.28. The molecule has 2 unspecified atom stereocenters. The van der Waals surface area contributed by atoms with Crippen molar-refractivity contribution in [2.45, 2.75) is 32.7 Å². The first-order valence-corrected chi connectivity index (χ1v) is 4.18. The monoisotopic (exact) mass is 166 g/mol. The molecule has 0 saturated carbocycles. The molecule has 1 heterocycles. The van der Waals surface area contributed by atoms with Gasteiger partial charge in [-0.1, -0.05) is 6.92 Å². The molecule has 1 fully saturated rings. The molecule has 1 rings (SSSR count). The summed E-state index contributed by atoms with van der Waals surface area (Å²) < 4.78 is 0. The van der Waals surface area contributed by atoms with Gasteiger partial charge in [0.2, 0.25) is 5.91 Å². The molecule has 2 atom stereocenters. The van der Waals surface area contributed by atoms with Crippen LogP contribution in [0.3, 0.4) is 0 Å². The van der Waals surface area contributed by atoms with Crippen LogP contribution in [0, 0.1) is 23.2 Å². The van der Waals surface area contributed by atoms with Gasteiger partial charge in [0.25, 0.3) is 0 Å². The Morgan fingerprint density at radius 2 is 2.25 bits per heavy atom. The Kier molecular flexibility index (Phi) is 2.10. The first kappa shape index (κ1) is 9.05. The zero-order valence-corrected chi connectivity index (χ0v) is 7.72. The standard InChI is InChI=1S/C9H14N2O/c1-6-4-9(2,3)11-8(12)7(6)5-10/h6-7H,4H2,1-3H3,(H,11,12). The van der Waals surface area contributed by atoms with E-state index >= 15 is 0 Å². The second-order valence-electron chi connectivity index (χ2n) is 4.16. The van der Waals surface area contributed by atoms with Crippen LogP contribution in [0.2, 0.25) is 0 Å². The molecule has 3 heteroatoms. The quantitative estimate of drug-likeness (QED) is 0.585. The number of piperidine rings is 1. The van der Waals surface area contributed by atoms with Gasteiger partial charge in [-0.05, 0) is 26.2 Å². The molecule has 0 bridgehead atoms. The van der Waals surface area contributed by atoms with Crippen molar-refractivity contribution in [3.8, 4) is 6.07 Å². The van der Waals surface area contributed by atoms with E-state index in [1.165, 1.54) is 0 Å². The van der Waals surface area contributed by atoms with E-state index in [0.29, 0.717) is 0 Å². The van der Waals surface area contributed by atoms with Crippen molar-refractivity contribution in [3.63, 3.8) is 0 Å². The van der Waals surface area contributed by atoms with E-state index in [4.69, 9.17) is 5.26 Å². The van der Waals surface area contributed by atoms with Gasteiger partial charge in [0, 0.05) is 5.54 Å². The highest BCUT2D eigenvalue weighted by molar-refractivity contribution is 5.82. The van der Waals surface area contributed by atoms with Crippen LogP contribution in [0.1, 0.15) is 27.2 Å². The lowest BCUT2D eigenvalue weighted by atomic mass is 9.79. The van der Waals surface area contributed by atoms with Crippen LogP contribution in [0.15, 0.2) is 0 Å². The Bertz CT molecular complexity index is 239. The first-order chi connectivity index (χ1) is 5.46. The lowest BCUT2D eigenvalue weighted by molar-refractivity contribution is -0.129. The third-order valence-electron chi connectivity index (χ3n) is 2.28. The lowest BCUT2D eigenvalue weighted by Gasteiger charge is -2.36. The van der Waals surface area contributed by atoms with Crippen LogP contribution >= 0.6 is 0 Å². The van der Waals surface area contributed by atoms with E-state index < -0.39 is 5.92 Å². The minimum absolute atomic E-state index is 0.124. The van der Waals surface area contributed by atoms with Crippen molar-refractivity contribution >= 4 is 5.91 Å². The molecule has 66 valence electrons. The normalized spacial score (nSPS) is 33.7. The van der Waals surface area contributed by atoms with Gasteiger partial charge in [0.05, 0.1) is 6.07 Å². The Hall–Kier alpha value is -1.04. The average Bonchev–Trinajstić information content (AvgIpc) is 1.82. The Balaban J connectivity index is 2.79. The molecule has 0 aromatic rings. The van der Waals surface area contributed by atoms with E-state index in [-0.39, 0.29) is 17.4 Å². The Morgan fingerprint density at radius 1 is 1.67 bits per heavy atom. The molecule has 0 spiro atoms. The zero-order valence-electron chi connectivity index (χ0n) is 7.72. The van der Waals surface area contributed by atoms with Crippen LogP contribution in [-0.2, 0) is 4.79 Å². The molecule has 1 N–H and O–H groups in total. The molecule has 1 aliphatic rings. The molecular weight excluding hydrogens is 152 g/mol. The SMILES string of the molecule is CC1CC(C)(C)NC(=O)C1C#N. The van der Waals surface area contributed by atoms with E-state index in [1.807, 2.05) is 26.8 Å². The molecule has 0 aromatic heterocycles. The van der Waals surface area contributed by atoms with Crippen molar-refractivity contribution < 1.29 is 4.79 Å². The third kappa shape index (κ3) is 1.58. The molecule has 3 nitrogen and oxygen atoms in total. The van der Waals surface area contributed by atoms with E-state index in [2.05, 4.69) is 5.32 Å². The number of hydrogen-bond acceptors (Lipinski definition) is 2. The summed E-state index contributed by atoms with van der Waals surface area (Å²) in [5, 5.41) is 11.5. The summed E-state index contributed by atoms with van der Waals surface area (Å²) >= 11 is 0. The van der Waals surface area contributed by atoms with Crippen LogP contribution in [0.25, 0.3) is 0 Å². The summed E-state index contributed by atoms with van der Waals surface area (Å²) in [5.41, 5.74) is -0.149. The van der Waals surface area contributed by atoms with Gasteiger partial charge >= 0.3 is 0 Å². The second-order valence-corrected chi connectivity index (χ2v) is 4.16. The topological polar surface area (TPSA) is 52.9 Å². The van der Waals surface area contributed by atoms with Gasteiger partial charge in [0.1, 0.15) is 5.92 Å². The fourth-order valence-corrected chi connectivity index (χ4v) is 1.83. The number of nitrogens with zero attached hydrogens (tertiary/aromatic N) is 1. The predicted molar refractivity (Wildman–Crippen MR) is 45.1 cm³/mol. The van der Waals surface area contributed by atoms with Crippen LogP contribution in [0.5, 0.6) is 0 Å². The van der Waals surface area contributed by atoms with Crippen molar-refractivity contribution in [3.05, 3.63) is 0 Å². The van der Waals surface area contributed by atoms with Crippen LogP contribution < -0.4 is 5.32 Å². The highest BCUT2D eigenvalue weighted by atomic mass is 16.2. The van der Waals surface area contributed by atoms with Gasteiger partial charge in [-0.15, -0.1) is 0 Å². The maximum Gasteiger partial charge on any atom is 0.238 e. The van der Waals surface area contributed by atoms with E-state index in [9.17, 15) is 4.79 Å². The second kappa shape index (κ2) is 2.78. The molecule has 0 aromatic carbocycles. The van der Waals surface area contributed by atoms with Gasteiger partial charge in [-0.3, -0.25) is 4.79 Å². The zero-order chi connectivity index (χ0) is 9.35. The summed E-state index contributed by atoms with van der Waals surface area (Å²) in [6.07, 6.45) is 0.872. The van der Waals surface area contributed by atoms with E-state index in [0.717, 1.165) is 6.42 Å². The minimum Gasteiger partial charge on any atom is -0.350 e. The van der Waals surface area contributed by atoms with Crippen molar-refractivity contribution in [2.24, 2.45) is 11.8 Å². The van der Waals surface area contributed by atoms with Gasteiger partial charge in [-0.2, -0.15) is 5.26 Å². The van der Waals surface area contributed by atoms with Crippen LogP contribution in [-0.4, -0.2) is 11.4 Å². The number of amides is 1. The highest BCUT2D eigenvalue weighted by Crippen LogP contribution is 2.27. The Labute approximate surface area is 72.8 Å². The molecule has 12 heavy (non-hydrogen) atoms. The fourth-order valence-electron chi connectivity index (χ4n) is 1.83. The number of nitriles is 1. The number of hydrogen-bond donors (Lipinski definition) is 1. The van der Waals surface area contributed by atoms with Crippen molar-refractivity contribution in [1.29, 1.82) is 5.26 Å². The molecule has 1 amide bonds. The maximum atomic E-state index is 11.3. The lowest BCUT2D eigenvalue weighted by Crippen LogP contribution is -2.53. The summed E-state index contributed by atoms with van der Waals surface area (Å²) in [7, 11) is 0. The van der Waals surface area contributed by atoms with Gasteiger partial charge in [0.15, 0.2) is 0 Å². The largest absolute Gasteiger partial charge is 0.350 e. The van der Waals surface area contributed by atoms with Crippen LogP contribution in [0.4, 0.5) is 0 Å². The number of rotatable bonds is 0. The smallest absolute Gasteiger partial charge is 0.238 e. The summed E-state index contributed by atoms with van der Waals surface area (Å²) in [6.45, 7) is 5.92. The number of carbonyl (C=O) groups excluding carboxylic acids is 1. The Morgan fingerprint density at radius 3 is 2.67 bits per heavy atom. The fraction of sp³-hybridized carbons (Fsp3) is 0.778. The highest BCUT2D eigenvalue weighted by Gasteiger charge is 2.37. The van der Waals surface area contributed by atoms with Crippen molar-refractivity contribution in [1.82, 2.24) is 5.32 Å². The molecule has 1 saturated heterocycles. The molecular formula is C9H14N2O. The molecule has 1 aliphatic heterocycles. The molecule has 0 aliphatic carbocycles. The van der Waals surface area contributed by atoms with Gasteiger partial charge < -0.3 is 5.32 Å². The average molecular weight is 166 g/mol. The van der Waals surface area contributed by atoms with Gasteiger partial charge in [-0.25, -0.2) is 0 Å². The van der Waals surface area contributed by atoms with Crippen molar-refractivity contribution in [2.75, 3.05) is 0 Å². The minimum atomic E-state index is -0.460. The summed E-state index contributed by atoms with van der Waals surface area (Å²) in [6, 6.07) is 2.03. The summed E-state index contributed by atoms with van der Waals surface area (Å²) in [5.74, 6) is -0.418. The number of nitrogens with one attached hydrogen (secondary N) is 1. The summed E-state index contributed by atoms with van der Waals surface area (Å²) in [4.78, 5) is 11.3. The number of carbonyl (C=O) groups is 1. The predicted octanol–water partition coefficient (Wildman–Crippen LogP) is 1.06. The van der Waals surface area contributed by atoms with E-state index in [1.54, 1.807) is 0 Å². The molecule has 0 radical (unpaired) electrons.